The molecule has 0 aromatic heterocycles. The number of aliphatic hydroxyl groups is 1. The van der Waals surface area contributed by atoms with Crippen LogP contribution in [0.4, 0.5) is 10.1 Å². The molecule has 2 aromatic carbocycles. The molecule has 0 amide bonds. The van der Waals surface area contributed by atoms with Gasteiger partial charge in [0.15, 0.2) is 0 Å². The van der Waals surface area contributed by atoms with E-state index < -0.39 is 11.8 Å². The Morgan fingerprint density at radius 2 is 1.93 bits per heavy atom. The summed E-state index contributed by atoms with van der Waals surface area (Å²) < 4.78 is 23.3. The molecule has 29 heavy (non-hydrogen) atoms. The Kier molecular flexibility index (Phi) is 6.23. The number of halogens is 1. The smallest absolute Gasteiger partial charge is 0.344 e. The van der Waals surface area contributed by atoms with E-state index in [0.717, 1.165) is 11.8 Å². The van der Waals surface area contributed by atoms with E-state index in [1.54, 1.807) is 19.1 Å². The molecule has 0 saturated heterocycles. The molecule has 6 nitrogen and oxygen atoms in total. The van der Waals surface area contributed by atoms with Gasteiger partial charge in [0, 0.05) is 5.56 Å². The van der Waals surface area contributed by atoms with Gasteiger partial charge in [-0.2, -0.15) is 0 Å². The molecule has 1 heterocycles. The molecule has 0 atom stereocenters. The predicted molar refractivity (Wildman–Crippen MR) is 110 cm³/mol. The summed E-state index contributed by atoms with van der Waals surface area (Å²) in [5.74, 6) is -0.945. The molecule has 1 aliphatic heterocycles. The summed E-state index contributed by atoms with van der Waals surface area (Å²) in [5, 5.41) is 21.0. The minimum absolute atomic E-state index is 0.0201. The molecule has 1 aliphatic rings. The van der Waals surface area contributed by atoms with Crippen molar-refractivity contribution in [1.82, 2.24) is 0 Å². The highest BCUT2D eigenvalue weighted by Gasteiger charge is 2.33. The summed E-state index contributed by atoms with van der Waals surface area (Å²) in [4.78, 5) is 17.0. The van der Waals surface area contributed by atoms with Crippen LogP contribution in [-0.2, 0) is 9.53 Å². The summed E-state index contributed by atoms with van der Waals surface area (Å²) in [6.07, 6.45) is 1.52. The highest BCUT2D eigenvalue weighted by atomic mass is 32.2. The van der Waals surface area contributed by atoms with Gasteiger partial charge in [-0.15, -0.1) is 0 Å². The number of aliphatic imine (C=N–C) groups is 1. The van der Waals surface area contributed by atoms with Crippen LogP contribution in [0.2, 0.25) is 0 Å². The lowest BCUT2D eigenvalue weighted by Crippen LogP contribution is -2.12. The number of esters is 1. The van der Waals surface area contributed by atoms with Gasteiger partial charge in [-0.25, -0.2) is 14.2 Å². The fourth-order valence-electron chi connectivity index (χ4n) is 2.54. The van der Waals surface area contributed by atoms with Crippen LogP contribution < -0.4 is 4.74 Å². The van der Waals surface area contributed by atoms with Gasteiger partial charge in [0.2, 0.25) is 0 Å². The first kappa shape index (κ1) is 20.5. The van der Waals surface area contributed by atoms with E-state index in [-0.39, 0.29) is 28.7 Å². The van der Waals surface area contributed by atoms with E-state index in [1.165, 1.54) is 43.5 Å². The zero-order chi connectivity index (χ0) is 21.0. The summed E-state index contributed by atoms with van der Waals surface area (Å²) in [6, 6.07) is 10.1. The fraction of sp³-hybridized carbons (Fsp3) is 0.143. The SMILES string of the molecule is CCOC(=O)C1=C(O)/C(=C\c2cc(OC)ccc2O)SC1=Nc1ccc(F)cc1. The van der Waals surface area contributed by atoms with Gasteiger partial charge < -0.3 is 19.7 Å². The number of aromatic hydroxyl groups is 1. The van der Waals surface area contributed by atoms with E-state index in [4.69, 9.17) is 9.47 Å². The lowest BCUT2D eigenvalue weighted by Gasteiger charge is -2.04. The van der Waals surface area contributed by atoms with Crippen LogP contribution in [0.1, 0.15) is 12.5 Å². The van der Waals surface area contributed by atoms with E-state index in [2.05, 4.69) is 4.99 Å². The molecular formula is C21H18FNO5S. The third-order valence-corrected chi connectivity index (χ3v) is 4.97. The third-order valence-electron chi connectivity index (χ3n) is 3.95. The molecule has 2 N–H and O–H groups in total. The average molecular weight is 415 g/mol. The standard InChI is InChI=1S/C21H18FNO5S/c1-3-28-21(26)18-19(25)17(11-12-10-15(27-2)8-9-16(12)24)29-20(18)23-14-6-4-13(22)5-7-14/h4-11,24-25H,3H2,1-2H3/b17-11+,23-20?. The Morgan fingerprint density at radius 3 is 2.59 bits per heavy atom. The quantitative estimate of drug-likeness (QED) is 0.686. The second kappa shape index (κ2) is 8.83. The summed E-state index contributed by atoms with van der Waals surface area (Å²) in [5.41, 5.74) is 0.716. The van der Waals surface area contributed by atoms with Gasteiger partial charge >= 0.3 is 5.97 Å². The highest BCUT2D eigenvalue weighted by Crippen LogP contribution is 2.41. The molecule has 3 rings (SSSR count). The molecule has 0 bridgehead atoms. The maximum atomic E-state index is 13.2. The van der Waals surface area contributed by atoms with Crippen LogP contribution in [0.3, 0.4) is 0 Å². The molecule has 0 aliphatic carbocycles. The predicted octanol–water partition coefficient (Wildman–Crippen LogP) is 4.73. The van der Waals surface area contributed by atoms with Crippen LogP contribution in [0.5, 0.6) is 11.5 Å². The average Bonchev–Trinajstić information content (AvgIpc) is 3.00. The normalized spacial score (nSPS) is 16.5. The van der Waals surface area contributed by atoms with E-state index >= 15 is 0 Å². The maximum absolute atomic E-state index is 13.2. The van der Waals surface area contributed by atoms with Crippen molar-refractivity contribution in [3.05, 3.63) is 70.1 Å². The van der Waals surface area contributed by atoms with E-state index in [0.29, 0.717) is 21.9 Å². The van der Waals surface area contributed by atoms with Gasteiger partial charge in [-0.3, -0.25) is 0 Å². The Bertz CT molecular complexity index is 1030. The van der Waals surface area contributed by atoms with Crippen molar-refractivity contribution in [2.75, 3.05) is 13.7 Å². The van der Waals surface area contributed by atoms with Crippen LogP contribution in [0.15, 0.2) is 63.7 Å². The number of nitrogens with zero attached hydrogens (tertiary/aromatic N) is 1. The van der Waals surface area contributed by atoms with Crippen molar-refractivity contribution in [3.8, 4) is 11.5 Å². The van der Waals surface area contributed by atoms with Gasteiger partial charge in [0.1, 0.15) is 33.7 Å². The van der Waals surface area contributed by atoms with Gasteiger partial charge in [-0.1, -0.05) is 11.8 Å². The number of hydrogen-bond donors (Lipinski definition) is 2. The number of carbonyl (C=O) groups is 1. The van der Waals surface area contributed by atoms with Crippen LogP contribution in [0, 0.1) is 5.82 Å². The van der Waals surface area contributed by atoms with Crippen molar-refractivity contribution < 1.29 is 28.9 Å². The number of carbonyl (C=O) groups excluding carboxylic acids is 1. The topological polar surface area (TPSA) is 88.4 Å². The Morgan fingerprint density at radius 1 is 1.21 bits per heavy atom. The number of phenolic OH excluding ortho intramolecular Hbond substituents is 1. The molecule has 8 heteroatoms. The Hall–Kier alpha value is -3.26. The Labute approximate surface area is 171 Å². The van der Waals surface area contributed by atoms with Crippen molar-refractivity contribution >= 4 is 34.5 Å². The fourth-order valence-corrected chi connectivity index (χ4v) is 3.57. The highest BCUT2D eigenvalue weighted by molar-refractivity contribution is 8.18. The van der Waals surface area contributed by atoms with Crippen molar-refractivity contribution in [1.29, 1.82) is 0 Å². The van der Waals surface area contributed by atoms with Crippen LogP contribution in [0.25, 0.3) is 6.08 Å². The molecule has 0 radical (unpaired) electrons. The molecule has 0 saturated carbocycles. The maximum Gasteiger partial charge on any atom is 0.344 e. The molecule has 150 valence electrons. The van der Waals surface area contributed by atoms with E-state index in [1.807, 2.05) is 0 Å². The second-order valence-electron chi connectivity index (χ2n) is 5.87. The van der Waals surface area contributed by atoms with Crippen LogP contribution in [-0.4, -0.2) is 34.9 Å². The zero-order valence-electron chi connectivity index (χ0n) is 15.7. The summed E-state index contributed by atoms with van der Waals surface area (Å²) in [6.45, 7) is 1.78. The monoisotopic (exact) mass is 415 g/mol. The minimum atomic E-state index is -0.725. The van der Waals surface area contributed by atoms with Gasteiger partial charge in [-0.05, 0) is 55.5 Å². The number of thioether (sulfide) groups is 1. The lowest BCUT2D eigenvalue weighted by molar-refractivity contribution is -0.138. The third kappa shape index (κ3) is 4.60. The van der Waals surface area contributed by atoms with Crippen molar-refractivity contribution in [2.45, 2.75) is 6.92 Å². The first-order valence-corrected chi connectivity index (χ1v) is 9.46. The first-order chi connectivity index (χ1) is 13.9. The molecule has 0 spiro atoms. The summed E-state index contributed by atoms with van der Waals surface area (Å²) in [7, 11) is 1.50. The Balaban J connectivity index is 2.06. The summed E-state index contributed by atoms with van der Waals surface area (Å²) >= 11 is 1.04. The molecular weight excluding hydrogens is 397 g/mol. The lowest BCUT2D eigenvalue weighted by atomic mass is 10.1. The number of ether oxygens (including phenoxy) is 2. The van der Waals surface area contributed by atoms with Gasteiger partial charge in [0.25, 0.3) is 0 Å². The van der Waals surface area contributed by atoms with Gasteiger partial charge in [0.05, 0.1) is 24.3 Å². The number of phenols is 1. The zero-order valence-corrected chi connectivity index (χ0v) is 16.5. The number of methoxy groups -OCH3 is 1. The van der Waals surface area contributed by atoms with Crippen molar-refractivity contribution in [3.63, 3.8) is 0 Å². The van der Waals surface area contributed by atoms with Crippen LogP contribution >= 0.6 is 11.8 Å². The van der Waals surface area contributed by atoms with E-state index in [9.17, 15) is 19.4 Å². The first-order valence-electron chi connectivity index (χ1n) is 8.64. The molecule has 2 aromatic rings. The molecule has 0 fully saturated rings. The van der Waals surface area contributed by atoms with Crippen molar-refractivity contribution in [2.24, 2.45) is 4.99 Å². The number of aliphatic hydroxyl groups excluding tert-OH is 1. The number of hydrogen-bond acceptors (Lipinski definition) is 7. The number of rotatable bonds is 5. The second-order valence-corrected chi connectivity index (χ2v) is 6.90. The molecule has 0 unspecified atom stereocenters. The number of benzene rings is 2. The minimum Gasteiger partial charge on any atom is -0.507 e. The largest absolute Gasteiger partial charge is 0.507 e.